The number of anilines is 1. The number of nitrogens with zero attached hydrogens (tertiary/aromatic N) is 4. The molecule has 1 fully saturated rings. The summed E-state index contributed by atoms with van der Waals surface area (Å²) >= 11 is 0.898. The second kappa shape index (κ2) is 22.0. The van der Waals surface area contributed by atoms with Crippen LogP contribution in [0.2, 0.25) is 0 Å². The Hall–Kier alpha value is -5.12. The largest absolute Gasteiger partial charge is 0.470 e. The Morgan fingerprint density at radius 3 is 1.47 bits per heavy atom. The number of esters is 7. The Morgan fingerprint density at radius 2 is 1.05 bits per heavy atom. The van der Waals surface area contributed by atoms with Crippen LogP contribution in [0, 0.1) is 0 Å². The molecule has 57 heavy (non-hydrogen) atoms. The Bertz CT molecular complexity index is 1590. The van der Waals surface area contributed by atoms with Crippen molar-refractivity contribution in [3.05, 3.63) is 0 Å². The van der Waals surface area contributed by atoms with E-state index in [0.29, 0.717) is 32.1 Å². The highest BCUT2D eigenvalue weighted by Gasteiger charge is 2.37. The molecule has 21 nitrogen and oxygen atoms in total. The molecule has 0 bridgehead atoms. The van der Waals surface area contributed by atoms with Gasteiger partial charge in [-0.05, 0) is 62.3 Å². The van der Waals surface area contributed by atoms with Gasteiger partial charge < -0.3 is 52.4 Å². The maximum absolute atomic E-state index is 13.9. The molecule has 22 heteroatoms. The van der Waals surface area contributed by atoms with Gasteiger partial charge in [0.2, 0.25) is 5.82 Å². The number of hydrogen-bond acceptors (Lipinski definition) is 21. The van der Waals surface area contributed by atoms with E-state index in [1.807, 2.05) is 4.90 Å². The summed E-state index contributed by atoms with van der Waals surface area (Å²) in [6, 6.07) is 0. The van der Waals surface area contributed by atoms with Crippen LogP contribution in [-0.2, 0) is 76.3 Å². The number of carbonyl (C=O) groups is 8. The average molecular weight is 833 g/mol. The molecule has 0 saturated carbocycles. The summed E-state index contributed by atoms with van der Waals surface area (Å²) in [5.74, 6) is -6.90. The highest BCUT2D eigenvalue weighted by atomic mass is 32.1. The zero-order chi connectivity index (χ0) is 43.2. The third kappa shape index (κ3) is 15.7. The van der Waals surface area contributed by atoms with Crippen LogP contribution in [0.1, 0.15) is 76.2 Å². The average Bonchev–Trinajstić information content (AvgIpc) is 3.60. The molecule has 2 heterocycles. The van der Waals surface area contributed by atoms with Gasteiger partial charge in [0.15, 0.2) is 42.7 Å². The topological polar surface area (TPSA) is 252 Å². The number of aromatic nitrogens is 2. The normalized spacial score (nSPS) is 16.5. The molecule has 1 aliphatic rings. The molecular weight excluding hydrogens is 780 g/mol. The van der Waals surface area contributed by atoms with E-state index in [9.17, 15) is 38.4 Å². The van der Waals surface area contributed by atoms with Gasteiger partial charge in [-0.2, -0.15) is 4.37 Å². The fraction of sp³-hybridized carbons (Fsp3) is 0.714. The van der Waals surface area contributed by atoms with Crippen LogP contribution in [0.4, 0.5) is 5.82 Å². The lowest BCUT2D eigenvalue weighted by molar-refractivity contribution is -0.184. The lowest BCUT2D eigenvalue weighted by Gasteiger charge is -2.39. The standard InChI is InChI=1S/C35H52N4O17S/c1-18(52-32(45)21(4)54-33(46)22(5)53-30(43)19(2)50-24(7)40)29(42)39(35(9,10)11)16-26(56-34(47)23(6)55-31(44)20(3)51-25(8)41)17-49-28-27(36-57-37-28)38-12-14-48-15-13-38/h18-23,26H,12-17H2,1-11H3/t18?,19?,20?,21?,22?,23?,26-/m0/s1. The molecule has 1 saturated heterocycles. The van der Waals surface area contributed by atoms with Gasteiger partial charge in [0.1, 0.15) is 6.61 Å². The van der Waals surface area contributed by atoms with E-state index in [4.69, 9.17) is 42.6 Å². The molecular formula is C35H52N4O17S. The van der Waals surface area contributed by atoms with Crippen molar-refractivity contribution in [1.82, 2.24) is 13.6 Å². The molecule has 0 aliphatic carbocycles. The lowest BCUT2D eigenvalue weighted by Crippen LogP contribution is -2.54. The minimum Gasteiger partial charge on any atom is -0.470 e. The van der Waals surface area contributed by atoms with E-state index in [1.54, 1.807) is 20.8 Å². The molecule has 6 unspecified atom stereocenters. The third-order valence-corrected chi connectivity index (χ3v) is 8.27. The molecule has 0 radical (unpaired) electrons. The van der Waals surface area contributed by atoms with Gasteiger partial charge in [0.25, 0.3) is 11.8 Å². The maximum Gasteiger partial charge on any atom is 0.347 e. The van der Waals surface area contributed by atoms with Gasteiger partial charge in [0, 0.05) is 32.5 Å². The van der Waals surface area contributed by atoms with Crippen molar-refractivity contribution >= 4 is 65.2 Å². The van der Waals surface area contributed by atoms with E-state index in [0.717, 1.165) is 25.6 Å². The molecule has 7 atom stereocenters. The van der Waals surface area contributed by atoms with Crippen LogP contribution in [0.15, 0.2) is 0 Å². The number of amides is 1. The molecule has 2 rings (SSSR count). The molecule has 0 aromatic carbocycles. The Balaban J connectivity index is 2.22. The fourth-order valence-corrected chi connectivity index (χ4v) is 5.30. The SMILES string of the molecule is CC(=O)OC(C)C(=O)OC(C)C(=O)OC(C)C(=O)OC(C)C(=O)N(C[C@@H](COc1nsnc1N1CCOCC1)OC(=O)C(C)OC(=O)C(C)OC(C)=O)C(C)(C)C. The molecule has 1 aliphatic heterocycles. The van der Waals surface area contributed by atoms with Crippen LogP contribution in [0.5, 0.6) is 5.88 Å². The van der Waals surface area contributed by atoms with Crippen molar-refractivity contribution < 1.29 is 81.0 Å². The summed E-state index contributed by atoms with van der Waals surface area (Å²) in [6.07, 6.45) is -9.82. The number of carbonyl (C=O) groups excluding carboxylic acids is 8. The van der Waals surface area contributed by atoms with Crippen molar-refractivity contribution in [1.29, 1.82) is 0 Å². The highest BCUT2D eigenvalue weighted by molar-refractivity contribution is 6.99. The Kier molecular flexibility index (Phi) is 18.5. The van der Waals surface area contributed by atoms with Crippen LogP contribution < -0.4 is 9.64 Å². The van der Waals surface area contributed by atoms with Gasteiger partial charge in [-0.1, -0.05) is 0 Å². The van der Waals surface area contributed by atoms with Crippen molar-refractivity contribution in [2.45, 2.75) is 124 Å². The summed E-state index contributed by atoms with van der Waals surface area (Å²) < 4.78 is 55.7. The predicted molar refractivity (Wildman–Crippen MR) is 194 cm³/mol. The number of morpholine rings is 1. The summed E-state index contributed by atoms with van der Waals surface area (Å²) in [4.78, 5) is 103. The van der Waals surface area contributed by atoms with Crippen LogP contribution in [-0.4, -0.2) is 149 Å². The van der Waals surface area contributed by atoms with Gasteiger partial charge in [-0.15, -0.1) is 4.37 Å². The number of hydrogen-bond donors (Lipinski definition) is 0. The van der Waals surface area contributed by atoms with E-state index in [-0.39, 0.29) is 19.0 Å². The second-order valence-electron chi connectivity index (χ2n) is 13.8. The van der Waals surface area contributed by atoms with E-state index >= 15 is 0 Å². The zero-order valence-electron chi connectivity index (χ0n) is 33.9. The van der Waals surface area contributed by atoms with Crippen LogP contribution >= 0.6 is 11.7 Å². The molecule has 1 aromatic heterocycles. The monoisotopic (exact) mass is 832 g/mol. The third-order valence-electron chi connectivity index (χ3n) is 7.77. The first-order valence-electron chi connectivity index (χ1n) is 18.0. The van der Waals surface area contributed by atoms with Crippen molar-refractivity contribution in [2.24, 2.45) is 0 Å². The van der Waals surface area contributed by atoms with Gasteiger partial charge in [-0.3, -0.25) is 14.4 Å². The minimum absolute atomic E-state index is 0.139. The van der Waals surface area contributed by atoms with E-state index < -0.39 is 96.0 Å². The summed E-state index contributed by atoms with van der Waals surface area (Å²) in [7, 11) is 0. The zero-order valence-corrected chi connectivity index (χ0v) is 34.7. The fourth-order valence-electron chi connectivity index (χ4n) is 4.78. The lowest BCUT2D eigenvalue weighted by atomic mass is 10.0. The first-order valence-corrected chi connectivity index (χ1v) is 18.7. The highest BCUT2D eigenvalue weighted by Crippen LogP contribution is 2.27. The first-order chi connectivity index (χ1) is 26.5. The van der Waals surface area contributed by atoms with Crippen molar-refractivity contribution in [3.8, 4) is 5.88 Å². The molecule has 0 N–H and O–H groups in total. The van der Waals surface area contributed by atoms with Gasteiger partial charge in [-0.25, -0.2) is 24.0 Å². The number of rotatable bonds is 19. The van der Waals surface area contributed by atoms with Crippen molar-refractivity contribution in [3.63, 3.8) is 0 Å². The second-order valence-corrected chi connectivity index (χ2v) is 14.3. The Labute approximate surface area is 334 Å². The quantitative estimate of drug-likeness (QED) is 0.139. The molecule has 320 valence electrons. The van der Waals surface area contributed by atoms with Gasteiger partial charge >= 0.3 is 41.8 Å². The maximum atomic E-state index is 13.9. The minimum atomic E-state index is -1.55. The van der Waals surface area contributed by atoms with Crippen LogP contribution in [0.25, 0.3) is 0 Å². The predicted octanol–water partition coefficient (Wildman–Crippen LogP) is 0.922. The summed E-state index contributed by atoms with van der Waals surface area (Å²) in [5, 5.41) is 0. The van der Waals surface area contributed by atoms with Crippen LogP contribution in [0.3, 0.4) is 0 Å². The van der Waals surface area contributed by atoms with E-state index in [2.05, 4.69) is 8.75 Å². The molecule has 1 amide bonds. The summed E-state index contributed by atoms with van der Waals surface area (Å²) in [6.45, 7) is 15.9. The van der Waals surface area contributed by atoms with E-state index in [1.165, 1.54) is 46.4 Å². The summed E-state index contributed by atoms with van der Waals surface area (Å²) in [5.41, 5.74) is -0.984. The van der Waals surface area contributed by atoms with Crippen molar-refractivity contribution in [2.75, 3.05) is 44.4 Å². The first kappa shape index (κ1) is 48.0. The smallest absolute Gasteiger partial charge is 0.347 e. The number of ether oxygens (including phenoxy) is 9. The Morgan fingerprint density at radius 1 is 0.649 bits per heavy atom. The van der Waals surface area contributed by atoms with Gasteiger partial charge in [0.05, 0.1) is 31.5 Å². The molecule has 1 aromatic rings. The molecule has 0 spiro atoms.